The highest BCUT2D eigenvalue weighted by Crippen LogP contribution is 2.45. The van der Waals surface area contributed by atoms with Gasteiger partial charge < -0.3 is 20.1 Å². The molecule has 1 aliphatic rings. The minimum Gasteiger partial charge on any atom is -0.495 e. The second kappa shape index (κ2) is 13.1. The third-order valence-electron chi connectivity index (χ3n) is 5.95. The van der Waals surface area contributed by atoms with Gasteiger partial charge in [-0.3, -0.25) is 4.79 Å². The number of dihydropyridines is 1. The van der Waals surface area contributed by atoms with Gasteiger partial charge in [-0.05, 0) is 36.2 Å². The second-order valence-corrected chi connectivity index (χ2v) is 9.74. The molecular formula is C30H26ClN3O4S. The number of carbonyl (C=O) groups is 2. The van der Waals surface area contributed by atoms with Gasteiger partial charge in [-0.25, -0.2) is 4.79 Å². The maximum atomic E-state index is 13.4. The maximum Gasteiger partial charge on any atom is 0.337 e. The lowest BCUT2D eigenvalue weighted by Crippen LogP contribution is -2.30. The van der Waals surface area contributed by atoms with E-state index in [0.717, 1.165) is 17.3 Å². The van der Waals surface area contributed by atoms with Gasteiger partial charge >= 0.3 is 5.97 Å². The number of hydrogen-bond donors (Lipinski definition) is 2. The Hall–Kier alpha value is -4.19. The number of hydrogen-bond acceptors (Lipinski definition) is 7. The van der Waals surface area contributed by atoms with Crippen molar-refractivity contribution in [1.82, 2.24) is 5.32 Å². The SMILES string of the molecule is CCOC(=O)C1=C(c2ccccc2)NC(SCC(=O)Nc2ccccc2OC)=C(C#N)[C@H]1c1ccccc1Cl. The topological polar surface area (TPSA) is 100 Å². The summed E-state index contributed by atoms with van der Waals surface area (Å²) >= 11 is 7.77. The molecule has 0 aliphatic carbocycles. The summed E-state index contributed by atoms with van der Waals surface area (Å²) < 4.78 is 10.8. The highest BCUT2D eigenvalue weighted by atomic mass is 35.5. The molecular weight excluding hydrogens is 534 g/mol. The molecule has 0 spiro atoms. The highest BCUT2D eigenvalue weighted by Gasteiger charge is 2.38. The van der Waals surface area contributed by atoms with Crippen LogP contribution in [0.25, 0.3) is 5.70 Å². The fourth-order valence-corrected chi connectivity index (χ4v) is 5.34. The average molecular weight is 560 g/mol. The smallest absolute Gasteiger partial charge is 0.337 e. The lowest BCUT2D eigenvalue weighted by molar-refractivity contribution is -0.138. The number of nitriles is 1. The van der Waals surface area contributed by atoms with Crippen molar-refractivity contribution >= 4 is 46.6 Å². The first-order valence-electron chi connectivity index (χ1n) is 12.2. The molecule has 0 saturated carbocycles. The van der Waals surface area contributed by atoms with Crippen molar-refractivity contribution < 1.29 is 19.1 Å². The number of nitrogens with zero attached hydrogens (tertiary/aromatic N) is 1. The molecule has 0 bridgehead atoms. The molecule has 0 radical (unpaired) electrons. The minimum absolute atomic E-state index is 0.00237. The van der Waals surface area contributed by atoms with Gasteiger partial charge in [-0.1, -0.05) is 84.0 Å². The van der Waals surface area contributed by atoms with Gasteiger partial charge in [0.2, 0.25) is 5.91 Å². The van der Waals surface area contributed by atoms with Crippen LogP contribution in [0.15, 0.2) is 95.0 Å². The minimum atomic E-state index is -0.806. The van der Waals surface area contributed by atoms with Crippen LogP contribution < -0.4 is 15.4 Å². The zero-order valence-electron chi connectivity index (χ0n) is 21.4. The Morgan fingerprint density at radius 3 is 2.44 bits per heavy atom. The fourth-order valence-electron chi connectivity index (χ4n) is 4.25. The lowest BCUT2D eigenvalue weighted by Gasteiger charge is -2.31. The van der Waals surface area contributed by atoms with Gasteiger partial charge in [-0.15, -0.1) is 0 Å². The molecule has 39 heavy (non-hydrogen) atoms. The summed E-state index contributed by atoms with van der Waals surface area (Å²) in [6.45, 7) is 1.89. The Balaban J connectivity index is 1.77. The summed E-state index contributed by atoms with van der Waals surface area (Å²) in [6.07, 6.45) is 0. The maximum absolute atomic E-state index is 13.4. The number of allylic oxidation sites excluding steroid dienone is 1. The van der Waals surface area contributed by atoms with Crippen LogP contribution in [0.2, 0.25) is 5.02 Å². The Kier molecular flexibility index (Phi) is 9.31. The Morgan fingerprint density at radius 2 is 1.74 bits per heavy atom. The molecule has 4 rings (SSSR count). The van der Waals surface area contributed by atoms with Gasteiger partial charge in [0.05, 0.1) is 59.0 Å². The number of benzene rings is 3. The van der Waals surface area contributed by atoms with Crippen molar-refractivity contribution in [3.8, 4) is 11.8 Å². The Morgan fingerprint density at radius 1 is 1.05 bits per heavy atom. The van der Waals surface area contributed by atoms with E-state index in [1.807, 2.05) is 36.4 Å². The molecule has 3 aromatic rings. The Bertz CT molecular complexity index is 1480. The molecule has 0 unspecified atom stereocenters. The number of para-hydroxylation sites is 2. The fraction of sp³-hybridized carbons (Fsp3) is 0.167. The van der Waals surface area contributed by atoms with Crippen LogP contribution in [0.5, 0.6) is 5.75 Å². The van der Waals surface area contributed by atoms with Crippen LogP contribution in [-0.4, -0.2) is 31.3 Å². The van der Waals surface area contributed by atoms with Crippen LogP contribution in [0, 0.1) is 11.3 Å². The van der Waals surface area contributed by atoms with Gasteiger partial charge in [0.15, 0.2) is 0 Å². The quantitative estimate of drug-likeness (QED) is 0.305. The largest absolute Gasteiger partial charge is 0.495 e. The van der Waals surface area contributed by atoms with Crippen LogP contribution >= 0.6 is 23.4 Å². The molecule has 7 nitrogen and oxygen atoms in total. The van der Waals surface area contributed by atoms with E-state index in [4.69, 9.17) is 21.1 Å². The van der Waals surface area contributed by atoms with E-state index < -0.39 is 11.9 Å². The summed E-state index contributed by atoms with van der Waals surface area (Å²) in [6, 6.07) is 25.8. The monoisotopic (exact) mass is 559 g/mol. The zero-order valence-corrected chi connectivity index (χ0v) is 22.9. The van der Waals surface area contributed by atoms with Crippen molar-refractivity contribution in [3.05, 3.63) is 111 Å². The van der Waals surface area contributed by atoms with Crippen LogP contribution in [-0.2, 0) is 14.3 Å². The summed E-state index contributed by atoms with van der Waals surface area (Å²) in [5.41, 5.74) is 2.89. The normalized spacial score (nSPS) is 14.8. The van der Waals surface area contributed by atoms with E-state index in [-0.39, 0.29) is 29.4 Å². The molecule has 2 N–H and O–H groups in total. The van der Waals surface area contributed by atoms with E-state index in [1.54, 1.807) is 49.4 Å². The van der Waals surface area contributed by atoms with Crippen LogP contribution in [0.1, 0.15) is 24.0 Å². The molecule has 9 heteroatoms. The standard InChI is InChI=1S/C30H26ClN3O4S/c1-3-38-30(36)27-26(20-13-7-8-14-22(20)31)21(17-32)29(34-28(27)19-11-5-4-6-12-19)39-18-25(35)33-23-15-9-10-16-24(23)37-2/h4-16,26,34H,3,18H2,1-2H3,(H,33,35)/t26-/m1/s1. The van der Waals surface area contributed by atoms with Crippen molar-refractivity contribution in [1.29, 1.82) is 5.26 Å². The molecule has 1 heterocycles. The van der Waals surface area contributed by atoms with Gasteiger partial charge in [-0.2, -0.15) is 5.26 Å². The third-order valence-corrected chi connectivity index (χ3v) is 7.31. The van der Waals surface area contributed by atoms with Gasteiger partial charge in [0.1, 0.15) is 5.75 Å². The molecule has 0 saturated heterocycles. The van der Waals surface area contributed by atoms with Crippen molar-refractivity contribution in [2.24, 2.45) is 0 Å². The lowest BCUT2D eigenvalue weighted by atomic mass is 9.81. The van der Waals surface area contributed by atoms with E-state index >= 15 is 0 Å². The number of rotatable bonds is 9. The molecule has 198 valence electrons. The number of halogens is 1. The molecule has 0 fully saturated rings. The predicted molar refractivity (Wildman–Crippen MR) is 154 cm³/mol. The third kappa shape index (κ3) is 6.28. The first-order valence-corrected chi connectivity index (χ1v) is 13.5. The first kappa shape index (κ1) is 27.8. The molecule has 1 atom stereocenters. The number of esters is 1. The van der Waals surface area contributed by atoms with E-state index in [0.29, 0.717) is 32.7 Å². The number of ether oxygens (including phenoxy) is 2. The molecule has 3 aromatic carbocycles. The summed E-state index contributed by atoms with van der Waals surface area (Å²) in [5, 5.41) is 17.3. The molecule has 1 amide bonds. The highest BCUT2D eigenvalue weighted by molar-refractivity contribution is 8.03. The summed E-state index contributed by atoms with van der Waals surface area (Å²) in [4.78, 5) is 26.3. The first-order chi connectivity index (χ1) is 19.0. The summed E-state index contributed by atoms with van der Waals surface area (Å²) in [5.74, 6) is -1.11. The summed E-state index contributed by atoms with van der Waals surface area (Å²) in [7, 11) is 1.53. The van der Waals surface area contributed by atoms with Gasteiger partial charge in [0.25, 0.3) is 0 Å². The number of methoxy groups -OCH3 is 1. The Labute approximate surface area is 236 Å². The van der Waals surface area contributed by atoms with E-state index in [1.165, 1.54) is 7.11 Å². The van der Waals surface area contributed by atoms with Crippen molar-refractivity contribution in [3.63, 3.8) is 0 Å². The van der Waals surface area contributed by atoms with E-state index in [2.05, 4.69) is 16.7 Å². The molecule has 0 aromatic heterocycles. The molecule has 1 aliphatic heterocycles. The predicted octanol–water partition coefficient (Wildman–Crippen LogP) is 6.12. The van der Waals surface area contributed by atoms with Gasteiger partial charge in [0, 0.05) is 5.02 Å². The van der Waals surface area contributed by atoms with Crippen LogP contribution in [0.4, 0.5) is 5.69 Å². The number of carbonyl (C=O) groups excluding carboxylic acids is 2. The number of anilines is 1. The van der Waals surface area contributed by atoms with Crippen molar-refractivity contribution in [2.45, 2.75) is 12.8 Å². The number of nitrogens with one attached hydrogen (secondary N) is 2. The number of amides is 1. The van der Waals surface area contributed by atoms with Crippen molar-refractivity contribution in [2.75, 3.05) is 24.8 Å². The second-order valence-electron chi connectivity index (χ2n) is 8.35. The number of thioether (sulfide) groups is 1. The van der Waals surface area contributed by atoms with E-state index in [9.17, 15) is 14.9 Å². The van der Waals surface area contributed by atoms with Crippen LogP contribution in [0.3, 0.4) is 0 Å². The average Bonchev–Trinajstić information content (AvgIpc) is 2.96. The zero-order chi connectivity index (χ0) is 27.8.